The normalized spacial score (nSPS) is 11.4. The van der Waals surface area contributed by atoms with Gasteiger partial charge in [-0.3, -0.25) is 4.98 Å². The highest BCUT2D eigenvalue weighted by Gasteiger charge is 2.35. The van der Waals surface area contributed by atoms with Crippen LogP contribution in [0.2, 0.25) is 0 Å². The summed E-state index contributed by atoms with van der Waals surface area (Å²) in [6.07, 6.45) is -3.29. The standard InChI is InChI=1S/C12H7F3N/c13-12(14,15)11-10(7-4-8-16-11)9-5-2-1-3-6-9/h2-8H. The van der Waals surface area contributed by atoms with E-state index in [1.54, 1.807) is 24.3 Å². The molecule has 0 saturated carbocycles. The molecule has 4 heteroatoms. The van der Waals surface area contributed by atoms with Crippen LogP contribution in [0, 0.1) is 6.07 Å². The van der Waals surface area contributed by atoms with Crippen LogP contribution in [0.15, 0.2) is 42.6 Å². The minimum absolute atomic E-state index is 0.0870. The highest BCUT2D eigenvalue weighted by Crippen LogP contribution is 2.34. The molecule has 0 unspecified atom stereocenters. The lowest BCUT2D eigenvalue weighted by atomic mass is 10.0. The third-order valence-electron chi connectivity index (χ3n) is 2.11. The minimum atomic E-state index is -4.43. The Morgan fingerprint density at radius 2 is 1.75 bits per heavy atom. The van der Waals surface area contributed by atoms with Crippen molar-refractivity contribution in [2.45, 2.75) is 6.18 Å². The number of hydrogen-bond donors (Lipinski definition) is 0. The van der Waals surface area contributed by atoms with Gasteiger partial charge in [-0.2, -0.15) is 13.2 Å². The maximum absolute atomic E-state index is 12.7. The van der Waals surface area contributed by atoms with Crippen LogP contribution < -0.4 is 0 Å². The molecule has 81 valence electrons. The highest BCUT2D eigenvalue weighted by molar-refractivity contribution is 5.66. The number of pyridine rings is 1. The molecule has 2 rings (SSSR count). The van der Waals surface area contributed by atoms with E-state index in [0.29, 0.717) is 5.56 Å². The molecule has 0 bridgehead atoms. The van der Waals surface area contributed by atoms with E-state index in [1.165, 1.54) is 12.1 Å². The number of aromatic nitrogens is 1. The van der Waals surface area contributed by atoms with E-state index in [0.717, 1.165) is 6.20 Å². The van der Waals surface area contributed by atoms with E-state index in [9.17, 15) is 13.2 Å². The molecule has 1 aromatic carbocycles. The summed E-state index contributed by atoms with van der Waals surface area (Å²) >= 11 is 0. The fraction of sp³-hybridized carbons (Fsp3) is 0.0833. The second-order valence-corrected chi connectivity index (χ2v) is 3.19. The molecule has 0 amide bonds. The molecule has 0 aliphatic heterocycles. The number of alkyl halides is 3. The Morgan fingerprint density at radius 1 is 1.06 bits per heavy atom. The van der Waals surface area contributed by atoms with Crippen molar-refractivity contribution >= 4 is 0 Å². The Balaban J connectivity index is 2.58. The Hall–Kier alpha value is -1.84. The summed E-state index contributed by atoms with van der Waals surface area (Å²) < 4.78 is 38.0. The summed E-state index contributed by atoms with van der Waals surface area (Å²) in [5, 5.41) is 0. The van der Waals surface area contributed by atoms with E-state index in [-0.39, 0.29) is 5.56 Å². The lowest BCUT2D eigenvalue weighted by molar-refractivity contribution is -0.140. The molecule has 0 spiro atoms. The predicted molar refractivity (Wildman–Crippen MR) is 53.5 cm³/mol. The van der Waals surface area contributed by atoms with Gasteiger partial charge in [-0.25, -0.2) is 0 Å². The number of nitrogens with zero attached hydrogens (tertiary/aromatic N) is 1. The van der Waals surface area contributed by atoms with Crippen molar-refractivity contribution in [3.63, 3.8) is 0 Å². The molecule has 0 N–H and O–H groups in total. The van der Waals surface area contributed by atoms with Crippen LogP contribution >= 0.6 is 0 Å². The Bertz CT molecular complexity index is 477. The van der Waals surface area contributed by atoms with Gasteiger partial charge in [-0.1, -0.05) is 30.3 Å². The number of hydrogen-bond acceptors (Lipinski definition) is 1. The van der Waals surface area contributed by atoms with Gasteiger partial charge in [0.1, 0.15) is 0 Å². The largest absolute Gasteiger partial charge is 0.433 e. The number of rotatable bonds is 1. The van der Waals surface area contributed by atoms with Gasteiger partial charge in [0.05, 0.1) is 0 Å². The van der Waals surface area contributed by atoms with Crippen LogP contribution in [-0.2, 0) is 6.18 Å². The first kappa shape index (κ1) is 10.7. The van der Waals surface area contributed by atoms with Crippen LogP contribution in [0.5, 0.6) is 0 Å². The third kappa shape index (κ3) is 2.05. The van der Waals surface area contributed by atoms with Gasteiger partial charge in [-0.05, 0) is 17.7 Å². The average Bonchev–Trinajstić information content (AvgIpc) is 2.29. The Morgan fingerprint density at radius 3 is 2.38 bits per heavy atom. The third-order valence-corrected chi connectivity index (χ3v) is 2.11. The van der Waals surface area contributed by atoms with Crippen molar-refractivity contribution < 1.29 is 13.2 Å². The Kier molecular flexibility index (Phi) is 2.64. The van der Waals surface area contributed by atoms with Crippen molar-refractivity contribution in [2.24, 2.45) is 0 Å². The molecular weight excluding hydrogens is 215 g/mol. The van der Waals surface area contributed by atoms with E-state index in [4.69, 9.17) is 0 Å². The van der Waals surface area contributed by atoms with Crippen LogP contribution in [0.1, 0.15) is 5.69 Å². The smallest absolute Gasteiger partial charge is 0.251 e. The van der Waals surface area contributed by atoms with Gasteiger partial charge in [0.25, 0.3) is 0 Å². The summed E-state index contributed by atoms with van der Waals surface area (Å²) in [6, 6.07) is 11.9. The zero-order chi connectivity index (χ0) is 11.6. The lowest BCUT2D eigenvalue weighted by Gasteiger charge is -2.10. The maximum atomic E-state index is 12.7. The molecule has 1 heterocycles. The number of halogens is 3. The fourth-order valence-electron chi connectivity index (χ4n) is 1.43. The minimum Gasteiger partial charge on any atom is -0.251 e. The van der Waals surface area contributed by atoms with Crippen molar-refractivity contribution in [1.82, 2.24) is 4.98 Å². The van der Waals surface area contributed by atoms with Crippen LogP contribution in [-0.4, -0.2) is 4.98 Å². The molecule has 1 radical (unpaired) electrons. The molecule has 0 fully saturated rings. The number of benzene rings is 1. The first-order valence-electron chi connectivity index (χ1n) is 4.58. The van der Waals surface area contributed by atoms with Crippen LogP contribution in [0.4, 0.5) is 13.2 Å². The zero-order valence-electron chi connectivity index (χ0n) is 8.12. The van der Waals surface area contributed by atoms with Gasteiger partial charge >= 0.3 is 6.18 Å². The lowest BCUT2D eigenvalue weighted by Crippen LogP contribution is -2.09. The first-order valence-corrected chi connectivity index (χ1v) is 4.58. The second-order valence-electron chi connectivity index (χ2n) is 3.19. The molecule has 1 nitrogen and oxygen atoms in total. The molecule has 0 saturated heterocycles. The quantitative estimate of drug-likeness (QED) is 0.718. The average molecular weight is 222 g/mol. The highest BCUT2D eigenvalue weighted by atomic mass is 19.4. The summed E-state index contributed by atoms with van der Waals surface area (Å²) in [5.41, 5.74) is -0.288. The van der Waals surface area contributed by atoms with Gasteiger partial charge in [0.2, 0.25) is 0 Å². The summed E-state index contributed by atoms with van der Waals surface area (Å²) in [7, 11) is 0. The van der Waals surface area contributed by atoms with E-state index in [2.05, 4.69) is 11.1 Å². The second kappa shape index (κ2) is 3.96. The zero-order valence-corrected chi connectivity index (χ0v) is 8.12. The van der Waals surface area contributed by atoms with Crippen molar-refractivity contribution in [3.8, 4) is 11.1 Å². The predicted octanol–water partition coefficient (Wildman–Crippen LogP) is 3.57. The van der Waals surface area contributed by atoms with Gasteiger partial charge in [0.15, 0.2) is 5.69 Å². The van der Waals surface area contributed by atoms with Crippen LogP contribution in [0.3, 0.4) is 0 Å². The van der Waals surface area contributed by atoms with Crippen molar-refractivity contribution in [1.29, 1.82) is 0 Å². The molecule has 16 heavy (non-hydrogen) atoms. The van der Waals surface area contributed by atoms with Gasteiger partial charge in [-0.15, -0.1) is 0 Å². The first-order chi connectivity index (χ1) is 7.59. The molecular formula is C12H7F3N. The van der Waals surface area contributed by atoms with Crippen molar-refractivity contribution in [3.05, 3.63) is 54.4 Å². The molecule has 0 aliphatic carbocycles. The maximum Gasteiger partial charge on any atom is 0.433 e. The van der Waals surface area contributed by atoms with Gasteiger partial charge in [0, 0.05) is 11.8 Å². The monoisotopic (exact) mass is 222 g/mol. The van der Waals surface area contributed by atoms with Gasteiger partial charge < -0.3 is 0 Å². The topological polar surface area (TPSA) is 12.9 Å². The Labute approximate surface area is 90.6 Å². The SMILES string of the molecule is FC(F)(F)c1ncccc1-c1cc[c]cc1. The van der Waals surface area contributed by atoms with E-state index >= 15 is 0 Å². The van der Waals surface area contributed by atoms with E-state index in [1.807, 2.05) is 0 Å². The van der Waals surface area contributed by atoms with Crippen LogP contribution in [0.25, 0.3) is 11.1 Å². The van der Waals surface area contributed by atoms with Crippen molar-refractivity contribution in [2.75, 3.05) is 0 Å². The summed E-state index contributed by atoms with van der Waals surface area (Å²) in [5.74, 6) is 0. The molecule has 2 aromatic rings. The molecule has 0 aliphatic rings. The summed E-state index contributed by atoms with van der Waals surface area (Å²) in [6.45, 7) is 0. The van der Waals surface area contributed by atoms with E-state index < -0.39 is 11.9 Å². The fourth-order valence-corrected chi connectivity index (χ4v) is 1.43. The summed E-state index contributed by atoms with van der Waals surface area (Å²) in [4.78, 5) is 3.39. The molecule has 1 aromatic heterocycles. The molecule has 0 atom stereocenters.